The third-order valence-electron chi connectivity index (χ3n) is 4.14. The van der Waals surface area contributed by atoms with E-state index in [-0.39, 0.29) is 0 Å². The molecule has 0 spiro atoms. The maximum absolute atomic E-state index is 2.62. The first kappa shape index (κ1) is 16.8. The molecule has 0 aliphatic rings. The highest BCUT2D eigenvalue weighted by Gasteiger charge is 2.07. The Bertz CT molecular complexity index is 460. The van der Waals surface area contributed by atoms with Gasteiger partial charge in [-0.15, -0.1) is 0 Å². The molecule has 0 saturated heterocycles. The Labute approximate surface area is 136 Å². The van der Waals surface area contributed by atoms with E-state index < -0.39 is 0 Å². The third-order valence-corrected chi connectivity index (χ3v) is 4.14. The molecule has 0 amide bonds. The monoisotopic (exact) mass is 295 g/mol. The molecule has 0 aliphatic heterocycles. The second kappa shape index (κ2) is 9.42. The molecule has 2 rings (SSSR count). The zero-order valence-corrected chi connectivity index (χ0v) is 14.0. The topological polar surface area (TPSA) is 3.24 Å². The smallest absolute Gasteiger partial charge is 0.00220 e. The lowest BCUT2D eigenvalue weighted by molar-refractivity contribution is 0.263. The lowest BCUT2D eigenvalue weighted by Gasteiger charge is -2.23. The van der Waals surface area contributed by atoms with E-state index in [0.29, 0.717) is 0 Å². The Morgan fingerprint density at radius 2 is 1.14 bits per heavy atom. The summed E-state index contributed by atoms with van der Waals surface area (Å²) in [6.07, 6.45) is 3.57. The average molecular weight is 295 g/mol. The van der Waals surface area contributed by atoms with Gasteiger partial charge in [-0.3, -0.25) is 0 Å². The van der Waals surface area contributed by atoms with Crippen molar-refractivity contribution in [3.63, 3.8) is 0 Å². The van der Waals surface area contributed by atoms with E-state index in [1.807, 2.05) is 0 Å². The number of rotatable bonds is 9. The van der Waals surface area contributed by atoms with Crippen LogP contribution in [0.4, 0.5) is 0 Å². The molecule has 1 heteroatoms. The van der Waals surface area contributed by atoms with Gasteiger partial charge >= 0.3 is 0 Å². The summed E-state index contributed by atoms with van der Waals surface area (Å²) in [4.78, 5) is 2.62. The van der Waals surface area contributed by atoms with E-state index in [4.69, 9.17) is 0 Å². The Kier molecular flexibility index (Phi) is 7.18. The third kappa shape index (κ3) is 6.44. The normalized spacial score (nSPS) is 11.3. The highest BCUT2D eigenvalue weighted by molar-refractivity contribution is 5.16. The van der Waals surface area contributed by atoms with Crippen molar-refractivity contribution >= 4 is 0 Å². The van der Waals surface area contributed by atoms with Gasteiger partial charge in [0.25, 0.3) is 0 Å². The molecule has 0 saturated carbocycles. The van der Waals surface area contributed by atoms with Crippen LogP contribution >= 0.6 is 0 Å². The van der Waals surface area contributed by atoms with Crippen LogP contribution in [0.15, 0.2) is 60.7 Å². The van der Waals surface area contributed by atoms with Crippen molar-refractivity contribution in [1.29, 1.82) is 0 Å². The predicted octanol–water partition coefficient (Wildman–Crippen LogP) is 4.82. The lowest BCUT2D eigenvalue weighted by atomic mass is 10.1. The number of benzene rings is 2. The second-order valence-corrected chi connectivity index (χ2v) is 6.50. The van der Waals surface area contributed by atoms with Crippen molar-refractivity contribution in [2.24, 2.45) is 5.92 Å². The van der Waals surface area contributed by atoms with Crippen LogP contribution < -0.4 is 0 Å². The van der Waals surface area contributed by atoms with Crippen molar-refractivity contribution in [3.8, 4) is 0 Å². The molecule has 1 nitrogen and oxygen atoms in total. The molecular weight excluding hydrogens is 266 g/mol. The first-order valence-electron chi connectivity index (χ1n) is 8.54. The van der Waals surface area contributed by atoms with Gasteiger partial charge in [-0.1, -0.05) is 74.5 Å². The van der Waals surface area contributed by atoms with Crippen LogP contribution in [-0.4, -0.2) is 24.5 Å². The minimum absolute atomic E-state index is 0.774. The van der Waals surface area contributed by atoms with Crippen LogP contribution in [0.5, 0.6) is 0 Å². The maximum Gasteiger partial charge on any atom is 0.00220 e. The van der Waals surface area contributed by atoms with Crippen LogP contribution in [0.2, 0.25) is 0 Å². The molecule has 0 unspecified atom stereocenters. The quantitative estimate of drug-likeness (QED) is 0.641. The highest BCUT2D eigenvalue weighted by atomic mass is 15.1. The van der Waals surface area contributed by atoms with Gasteiger partial charge in [0.05, 0.1) is 0 Å². The standard InChI is InChI=1S/C21H29N/c1-19(2)13-16-22(17-14-20-9-5-3-6-10-20)18-15-21-11-7-4-8-12-21/h3-12,19H,13-18H2,1-2H3. The summed E-state index contributed by atoms with van der Waals surface area (Å²) in [5.74, 6) is 0.774. The molecule has 0 atom stereocenters. The summed E-state index contributed by atoms with van der Waals surface area (Å²) >= 11 is 0. The van der Waals surface area contributed by atoms with Crippen LogP contribution in [0.3, 0.4) is 0 Å². The molecule has 0 radical (unpaired) electrons. The van der Waals surface area contributed by atoms with Gasteiger partial charge < -0.3 is 4.90 Å². The van der Waals surface area contributed by atoms with Gasteiger partial charge in [0.2, 0.25) is 0 Å². The predicted molar refractivity (Wildman–Crippen MR) is 96.2 cm³/mol. The summed E-state index contributed by atoms with van der Waals surface area (Å²) < 4.78 is 0. The molecule has 2 aromatic rings. The fourth-order valence-corrected chi connectivity index (χ4v) is 2.64. The van der Waals surface area contributed by atoms with E-state index in [0.717, 1.165) is 31.8 Å². The first-order chi connectivity index (χ1) is 10.7. The zero-order valence-electron chi connectivity index (χ0n) is 14.0. The van der Waals surface area contributed by atoms with Crippen molar-refractivity contribution in [1.82, 2.24) is 4.90 Å². The number of hydrogen-bond donors (Lipinski definition) is 0. The van der Waals surface area contributed by atoms with Crippen LogP contribution in [-0.2, 0) is 12.8 Å². The largest absolute Gasteiger partial charge is 0.303 e. The van der Waals surface area contributed by atoms with Gasteiger partial charge in [0.1, 0.15) is 0 Å². The summed E-state index contributed by atoms with van der Waals surface area (Å²) in [6, 6.07) is 21.7. The van der Waals surface area contributed by atoms with Gasteiger partial charge in [0.15, 0.2) is 0 Å². The minimum atomic E-state index is 0.774. The molecule has 0 aromatic heterocycles. The van der Waals surface area contributed by atoms with Gasteiger partial charge in [0, 0.05) is 13.1 Å². The molecule has 2 aromatic carbocycles. The summed E-state index contributed by atoms with van der Waals surface area (Å²) in [7, 11) is 0. The number of nitrogens with zero attached hydrogens (tertiary/aromatic N) is 1. The molecule has 0 bridgehead atoms. The minimum Gasteiger partial charge on any atom is -0.303 e. The molecule has 0 fully saturated rings. The Morgan fingerprint density at radius 1 is 0.682 bits per heavy atom. The van der Waals surface area contributed by atoms with Crippen molar-refractivity contribution in [2.75, 3.05) is 19.6 Å². The van der Waals surface area contributed by atoms with E-state index in [2.05, 4.69) is 79.4 Å². The number of hydrogen-bond acceptors (Lipinski definition) is 1. The summed E-state index contributed by atoms with van der Waals surface area (Å²) in [6.45, 7) is 8.14. The Hall–Kier alpha value is -1.60. The molecule has 118 valence electrons. The highest BCUT2D eigenvalue weighted by Crippen LogP contribution is 2.08. The second-order valence-electron chi connectivity index (χ2n) is 6.50. The summed E-state index contributed by atoms with van der Waals surface area (Å²) in [5.41, 5.74) is 2.88. The van der Waals surface area contributed by atoms with Crippen LogP contribution in [0.1, 0.15) is 31.4 Å². The van der Waals surface area contributed by atoms with Crippen molar-refractivity contribution in [3.05, 3.63) is 71.8 Å². The SMILES string of the molecule is CC(C)CCN(CCc1ccccc1)CCc1ccccc1. The van der Waals surface area contributed by atoms with E-state index in [9.17, 15) is 0 Å². The van der Waals surface area contributed by atoms with E-state index >= 15 is 0 Å². The fourth-order valence-electron chi connectivity index (χ4n) is 2.64. The van der Waals surface area contributed by atoms with Crippen molar-refractivity contribution in [2.45, 2.75) is 33.1 Å². The molecular formula is C21H29N. The Morgan fingerprint density at radius 3 is 1.55 bits per heavy atom. The van der Waals surface area contributed by atoms with Crippen LogP contribution in [0.25, 0.3) is 0 Å². The average Bonchev–Trinajstić information content (AvgIpc) is 2.56. The fraction of sp³-hybridized carbons (Fsp3) is 0.429. The van der Waals surface area contributed by atoms with Crippen molar-refractivity contribution < 1.29 is 0 Å². The van der Waals surface area contributed by atoms with Gasteiger partial charge in [-0.05, 0) is 42.9 Å². The molecule has 0 aliphatic carbocycles. The lowest BCUT2D eigenvalue weighted by Crippen LogP contribution is -2.30. The van der Waals surface area contributed by atoms with E-state index in [1.54, 1.807) is 0 Å². The Balaban J connectivity index is 1.84. The maximum atomic E-state index is 2.62. The van der Waals surface area contributed by atoms with Gasteiger partial charge in [-0.25, -0.2) is 0 Å². The molecule has 0 N–H and O–H groups in total. The zero-order chi connectivity index (χ0) is 15.6. The first-order valence-corrected chi connectivity index (χ1v) is 8.54. The molecule has 0 heterocycles. The summed E-state index contributed by atoms with van der Waals surface area (Å²) in [5, 5.41) is 0. The van der Waals surface area contributed by atoms with Gasteiger partial charge in [-0.2, -0.15) is 0 Å². The van der Waals surface area contributed by atoms with E-state index in [1.165, 1.54) is 24.1 Å². The molecule has 22 heavy (non-hydrogen) atoms. The van der Waals surface area contributed by atoms with Crippen LogP contribution in [0, 0.1) is 5.92 Å².